The molecule has 0 spiro atoms. The van der Waals surface area contributed by atoms with E-state index >= 15 is 0 Å². The van der Waals surface area contributed by atoms with Crippen LogP contribution >= 0.6 is 24.0 Å². The van der Waals surface area contributed by atoms with E-state index in [0.29, 0.717) is 4.91 Å². The van der Waals surface area contributed by atoms with Gasteiger partial charge in [-0.15, -0.1) is 0 Å². The number of thioether (sulfide) groups is 1. The fraction of sp³-hybridized carbons (Fsp3) is 0.0476. The van der Waals surface area contributed by atoms with Crippen LogP contribution in [0.4, 0.5) is 5.69 Å². The minimum atomic E-state index is -1.30. The number of para-hydroxylation sites is 1. The van der Waals surface area contributed by atoms with Crippen molar-refractivity contribution in [3.8, 4) is 0 Å². The molecular weight excluding hydrogens is 424 g/mol. The van der Waals surface area contributed by atoms with Crippen molar-refractivity contribution in [3.05, 3.63) is 70.3 Å². The zero-order valence-electron chi connectivity index (χ0n) is 15.5. The second-order valence-electron chi connectivity index (χ2n) is 6.61. The van der Waals surface area contributed by atoms with Gasteiger partial charge in [-0.05, 0) is 30.3 Å². The van der Waals surface area contributed by atoms with Gasteiger partial charge in [-0.1, -0.05) is 42.2 Å². The number of thiocarbonyl (C=S) groups is 1. The second-order valence-corrected chi connectivity index (χ2v) is 8.28. The molecule has 2 aromatic carbocycles. The molecule has 9 heteroatoms. The third kappa shape index (κ3) is 3.38. The van der Waals surface area contributed by atoms with Crippen LogP contribution in [0.15, 0.2) is 53.6 Å². The van der Waals surface area contributed by atoms with Gasteiger partial charge >= 0.3 is 11.9 Å². The van der Waals surface area contributed by atoms with Gasteiger partial charge < -0.3 is 14.8 Å². The van der Waals surface area contributed by atoms with Crippen LogP contribution in [-0.2, 0) is 11.8 Å². The quantitative estimate of drug-likeness (QED) is 0.469. The second kappa shape index (κ2) is 7.43. The number of benzene rings is 2. The number of carbonyl (C=O) groups excluding carboxylic acids is 1. The summed E-state index contributed by atoms with van der Waals surface area (Å²) in [5.74, 6) is -3.02. The van der Waals surface area contributed by atoms with Gasteiger partial charge in [0.2, 0.25) is 0 Å². The molecule has 2 N–H and O–H groups in total. The number of aryl methyl sites for hydroxylation is 1. The lowest BCUT2D eigenvalue weighted by atomic mass is 10.1. The highest BCUT2D eigenvalue weighted by Gasteiger charge is 2.34. The van der Waals surface area contributed by atoms with Crippen molar-refractivity contribution in [1.29, 1.82) is 0 Å². The predicted octanol–water partition coefficient (Wildman–Crippen LogP) is 3.98. The summed E-state index contributed by atoms with van der Waals surface area (Å²) < 4.78 is 2.16. The first-order valence-electron chi connectivity index (χ1n) is 8.70. The molecule has 1 aliphatic heterocycles. The third-order valence-corrected chi connectivity index (χ3v) is 5.98. The van der Waals surface area contributed by atoms with Gasteiger partial charge in [0.15, 0.2) is 4.32 Å². The lowest BCUT2D eigenvalue weighted by molar-refractivity contribution is -0.113. The first kappa shape index (κ1) is 19.9. The standard InChI is InChI=1S/C21H14N2O5S2/c1-22-10-13(15-4-2-3-5-16(15)22)9-17-18(24)23(21(29)30-17)14-7-11(19(25)26)6-12(8-14)20(27)28/h2-10H,1H3,(H,25,26)(H,27,28)/b17-9-. The van der Waals surface area contributed by atoms with Crippen molar-refractivity contribution in [3.63, 3.8) is 0 Å². The number of aromatic carboxylic acids is 2. The van der Waals surface area contributed by atoms with E-state index in [1.807, 2.05) is 42.1 Å². The van der Waals surface area contributed by atoms with Crippen molar-refractivity contribution in [1.82, 2.24) is 4.57 Å². The largest absolute Gasteiger partial charge is 0.478 e. The Morgan fingerprint density at radius 2 is 1.70 bits per heavy atom. The molecule has 1 fully saturated rings. The fourth-order valence-electron chi connectivity index (χ4n) is 3.31. The van der Waals surface area contributed by atoms with Crippen molar-refractivity contribution in [2.24, 2.45) is 7.05 Å². The number of carbonyl (C=O) groups is 3. The van der Waals surface area contributed by atoms with Gasteiger partial charge in [-0.3, -0.25) is 9.69 Å². The number of hydrogen-bond acceptors (Lipinski definition) is 5. The van der Waals surface area contributed by atoms with Crippen molar-refractivity contribution < 1.29 is 24.6 Å². The topological polar surface area (TPSA) is 99.8 Å². The van der Waals surface area contributed by atoms with Crippen molar-refractivity contribution in [2.75, 3.05) is 4.90 Å². The van der Waals surface area contributed by atoms with E-state index in [-0.39, 0.29) is 21.1 Å². The Hall–Kier alpha value is -3.43. The lowest BCUT2D eigenvalue weighted by Gasteiger charge is -2.16. The van der Waals surface area contributed by atoms with E-state index in [1.54, 1.807) is 6.08 Å². The molecule has 0 atom stereocenters. The molecule has 4 rings (SSSR count). The lowest BCUT2D eigenvalue weighted by Crippen LogP contribution is -2.28. The zero-order chi connectivity index (χ0) is 21.6. The average molecular weight is 438 g/mol. The number of nitrogens with zero attached hydrogens (tertiary/aromatic N) is 2. The maximum Gasteiger partial charge on any atom is 0.335 e. The Bertz CT molecular complexity index is 1260. The third-order valence-electron chi connectivity index (χ3n) is 4.68. The molecule has 2 heterocycles. The number of carboxylic acid groups (broad SMARTS) is 2. The van der Waals surface area contributed by atoms with Crippen LogP contribution in [0.5, 0.6) is 0 Å². The Balaban J connectivity index is 1.77. The van der Waals surface area contributed by atoms with E-state index in [0.717, 1.165) is 39.2 Å². The molecule has 0 saturated carbocycles. The molecule has 3 aromatic rings. The molecule has 0 aliphatic carbocycles. The number of carboxylic acids is 2. The smallest absolute Gasteiger partial charge is 0.335 e. The Labute approximate surface area is 180 Å². The maximum atomic E-state index is 13.1. The summed E-state index contributed by atoms with van der Waals surface area (Å²) in [7, 11) is 1.91. The summed E-state index contributed by atoms with van der Waals surface area (Å²) in [4.78, 5) is 37.4. The van der Waals surface area contributed by atoms with E-state index in [9.17, 15) is 24.6 Å². The molecule has 0 unspecified atom stereocenters. The van der Waals surface area contributed by atoms with Gasteiger partial charge in [0, 0.05) is 29.7 Å². The fourth-order valence-corrected chi connectivity index (χ4v) is 4.60. The minimum Gasteiger partial charge on any atom is -0.478 e. The van der Waals surface area contributed by atoms with Gasteiger partial charge in [0.05, 0.1) is 21.7 Å². The highest BCUT2D eigenvalue weighted by Crippen LogP contribution is 2.37. The number of anilines is 1. The minimum absolute atomic E-state index is 0.108. The van der Waals surface area contributed by atoms with Crippen LogP contribution in [-0.4, -0.2) is 36.9 Å². The molecule has 0 bridgehead atoms. The monoisotopic (exact) mass is 438 g/mol. The number of hydrogen-bond donors (Lipinski definition) is 2. The SMILES string of the molecule is Cn1cc(/C=C2\SC(=S)N(c3cc(C(=O)O)cc(C(=O)O)c3)C2=O)c2ccccc21. The van der Waals surface area contributed by atoms with Crippen LogP contribution in [0.1, 0.15) is 26.3 Å². The number of rotatable bonds is 4. The van der Waals surface area contributed by atoms with Gasteiger partial charge in [-0.25, -0.2) is 9.59 Å². The number of aromatic nitrogens is 1. The van der Waals surface area contributed by atoms with Gasteiger partial charge in [-0.2, -0.15) is 0 Å². The van der Waals surface area contributed by atoms with Crippen LogP contribution in [0.3, 0.4) is 0 Å². The summed E-state index contributed by atoms with van der Waals surface area (Å²) in [6.45, 7) is 0. The van der Waals surface area contributed by atoms with Crippen molar-refractivity contribution in [2.45, 2.75) is 0 Å². The predicted molar refractivity (Wildman–Crippen MR) is 119 cm³/mol. The van der Waals surface area contributed by atoms with Gasteiger partial charge in [0.1, 0.15) is 0 Å². The number of fused-ring (bicyclic) bond motifs is 1. The molecule has 30 heavy (non-hydrogen) atoms. The average Bonchev–Trinajstić information content (AvgIpc) is 3.17. The highest BCUT2D eigenvalue weighted by atomic mass is 32.2. The molecule has 0 radical (unpaired) electrons. The van der Waals surface area contributed by atoms with E-state index in [4.69, 9.17) is 12.2 Å². The molecule has 150 valence electrons. The zero-order valence-corrected chi connectivity index (χ0v) is 17.2. The summed E-state index contributed by atoms with van der Waals surface area (Å²) in [5.41, 5.74) is 1.49. The molecule has 1 aromatic heterocycles. The Morgan fingerprint density at radius 1 is 1.07 bits per heavy atom. The van der Waals surface area contributed by atoms with E-state index in [1.165, 1.54) is 12.1 Å². The number of amides is 1. The Kier molecular flexibility index (Phi) is 4.92. The summed E-state index contributed by atoms with van der Waals surface area (Å²) in [5, 5.41) is 19.6. The van der Waals surface area contributed by atoms with Gasteiger partial charge in [0.25, 0.3) is 5.91 Å². The first-order valence-corrected chi connectivity index (χ1v) is 9.92. The molecule has 1 amide bonds. The molecule has 1 aliphatic rings. The van der Waals surface area contributed by atoms with E-state index < -0.39 is 17.8 Å². The summed E-state index contributed by atoms with van der Waals surface area (Å²) >= 11 is 6.42. The maximum absolute atomic E-state index is 13.1. The molecule has 7 nitrogen and oxygen atoms in total. The summed E-state index contributed by atoms with van der Waals surface area (Å²) in [6.07, 6.45) is 3.64. The normalized spacial score (nSPS) is 15.4. The molecule has 1 saturated heterocycles. The highest BCUT2D eigenvalue weighted by molar-refractivity contribution is 8.27. The van der Waals surface area contributed by atoms with Crippen LogP contribution in [0.25, 0.3) is 17.0 Å². The summed E-state index contributed by atoms with van der Waals surface area (Å²) in [6, 6.07) is 11.3. The van der Waals surface area contributed by atoms with Crippen LogP contribution < -0.4 is 4.90 Å². The Morgan fingerprint density at radius 3 is 2.33 bits per heavy atom. The van der Waals surface area contributed by atoms with Crippen molar-refractivity contribution >= 4 is 68.8 Å². The van der Waals surface area contributed by atoms with E-state index in [2.05, 4.69) is 0 Å². The van der Waals surface area contributed by atoms with Crippen LogP contribution in [0.2, 0.25) is 0 Å². The first-order chi connectivity index (χ1) is 14.3. The molecular formula is C21H14N2O5S2. The van der Waals surface area contributed by atoms with Crippen LogP contribution in [0, 0.1) is 0 Å².